The summed E-state index contributed by atoms with van der Waals surface area (Å²) in [6, 6.07) is 3.96. The Morgan fingerprint density at radius 2 is 2.24 bits per heavy atom. The highest BCUT2D eigenvalue weighted by atomic mass is 16.3. The zero-order valence-electron chi connectivity index (χ0n) is 12.1. The van der Waals surface area contributed by atoms with Gasteiger partial charge in [-0.2, -0.15) is 0 Å². The van der Waals surface area contributed by atoms with Crippen LogP contribution in [0.5, 0.6) is 0 Å². The molecule has 0 radical (unpaired) electrons. The molecule has 110 valence electrons. The van der Waals surface area contributed by atoms with Crippen LogP contribution in [0.25, 0.3) is 11.0 Å². The third-order valence-corrected chi connectivity index (χ3v) is 5.29. The lowest BCUT2D eigenvalue weighted by atomic mass is 9.69. The van der Waals surface area contributed by atoms with Crippen molar-refractivity contribution < 1.29 is 5.11 Å². The Morgan fingerprint density at radius 1 is 1.29 bits per heavy atom. The second-order valence-corrected chi connectivity index (χ2v) is 6.42. The first-order valence-corrected chi connectivity index (χ1v) is 7.74. The van der Waals surface area contributed by atoms with E-state index in [0.717, 1.165) is 36.4 Å². The van der Waals surface area contributed by atoms with Crippen LogP contribution in [0.15, 0.2) is 24.7 Å². The summed E-state index contributed by atoms with van der Waals surface area (Å²) < 4.78 is 0. The molecule has 4 rings (SSSR count). The Kier molecular flexibility index (Phi) is 3.03. The lowest BCUT2D eigenvalue weighted by Crippen LogP contribution is -2.37. The Bertz CT molecular complexity index is 656. The molecule has 1 saturated heterocycles. The zero-order chi connectivity index (χ0) is 14.3. The molecule has 5 heteroatoms. The molecule has 2 aromatic heterocycles. The molecular formula is C16H20N4O. The maximum absolute atomic E-state index is 9.96. The van der Waals surface area contributed by atoms with Gasteiger partial charge in [0.2, 0.25) is 0 Å². The minimum atomic E-state index is 0.0672. The van der Waals surface area contributed by atoms with Crippen molar-refractivity contribution in [3.05, 3.63) is 24.7 Å². The van der Waals surface area contributed by atoms with Gasteiger partial charge >= 0.3 is 0 Å². The monoisotopic (exact) mass is 284 g/mol. The Morgan fingerprint density at radius 3 is 3.10 bits per heavy atom. The molecule has 3 heterocycles. The van der Waals surface area contributed by atoms with Crippen LogP contribution in [-0.4, -0.2) is 39.8 Å². The van der Waals surface area contributed by atoms with Gasteiger partial charge in [-0.3, -0.25) is 0 Å². The third-order valence-electron chi connectivity index (χ3n) is 5.29. The van der Waals surface area contributed by atoms with Gasteiger partial charge < -0.3 is 10.0 Å². The molecule has 0 amide bonds. The molecule has 2 fully saturated rings. The maximum Gasteiger partial charge on any atom is 0.164 e. The van der Waals surface area contributed by atoms with Gasteiger partial charge in [-0.05, 0) is 30.9 Å². The quantitative estimate of drug-likeness (QED) is 0.914. The SMILES string of the molecule is OCC12CCCCC1CN(c1ncnc3ncccc13)C2. The molecule has 1 N–H and O–H groups in total. The number of aliphatic hydroxyl groups is 1. The van der Waals surface area contributed by atoms with Crippen LogP contribution in [0.2, 0.25) is 0 Å². The van der Waals surface area contributed by atoms with Crippen molar-refractivity contribution in [2.45, 2.75) is 25.7 Å². The van der Waals surface area contributed by atoms with Crippen LogP contribution in [0.4, 0.5) is 5.82 Å². The number of nitrogens with zero attached hydrogens (tertiary/aromatic N) is 4. The lowest BCUT2D eigenvalue weighted by molar-refractivity contribution is 0.0627. The summed E-state index contributed by atoms with van der Waals surface area (Å²) in [4.78, 5) is 15.4. The van der Waals surface area contributed by atoms with Crippen molar-refractivity contribution >= 4 is 16.9 Å². The van der Waals surface area contributed by atoms with E-state index in [-0.39, 0.29) is 12.0 Å². The predicted molar refractivity (Wildman–Crippen MR) is 81.0 cm³/mol. The number of rotatable bonds is 2. The molecule has 0 spiro atoms. The van der Waals surface area contributed by atoms with Crippen molar-refractivity contribution in [1.82, 2.24) is 15.0 Å². The summed E-state index contributed by atoms with van der Waals surface area (Å²) in [5.41, 5.74) is 0.813. The standard InChI is InChI=1S/C16H20N4O/c21-10-16-6-2-1-4-12(16)8-20(9-16)15-13-5-3-7-17-14(13)18-11-19-15/h3,5,7,11-12,21H,1-2,4,6,8-10H2. The summed E-state index contributed by atoms with van der Waals surface area (Å²) in [6.07, 6.45) is 8.23. The highest BCUT2D eigenvalue weighted by molar-refractivity contribution is 5.86. The maximum atomic E-state index is 9.96. The number of fused-ring (bicyclic) bond motifs is 2. The fourth-order valence-electron chi connectivity index (χ4n) is 4.14. The van der Waals surface area contributed by atoms with Crippen LogP contribution in [0.1, 0.15) is 25.7 Å². The molecule has 21 heavy (non-hydrogen) atoms. The molecular weight excluding hydrogens is 264 g/mol. The van der Waals surface area contributed by atoms with Crippen molar-refractivity contribution in [2.24, 2.45) is 11.3 Å². The van der Waals surface area contributed by atoms with Gasteiger partial charge in [-0.25, -0.2) is 15.0 Å². The number of anilines is 1. The molecule has 1 aliphatic carbocycles. The number of aliphatic hydroxyl groups excluding tert-OH is 1. The molecule has 5 nitrogen and oxygen atoms in total. The van der Waals surface area contributed by atoms with Crippen LogP contribution in [0, 0.1) is 11.3 Å². The highest BCUT2D eigenvalue weighted by Gasteiger charge is 2.47. The molecule has 2 aliphatic rings. The number of pyridine rings is 1. The normalized spacial score (nSPS) is 28.8. The van der Waals surface area contributed by atoms with E-state index in [4.69, 9.17) is 0 Å². The van der Waals surface area contributed by atoms with Crippen LogP contribution in [0.3, 0.4) is 0 Å². The second-order valence-electron chi connectivity index (χ2n) is 6.42. The van der Waals surface area contributed by atoms with E-state index < -0.39 is 0 Å². The van der Waals surface area contributed by atoms with E-state index in [1.165, 1.54) is 19.3 Å². The van der Waals surface area contributed by atoms with Gasteiger partial charge in [0.25, 0.3) is 0 Å². The second kappa shape index (κ2) is 4.91. The number of hydrogen-bond acceptors (Lipinski definition) is 5. The van der Waals surface area contributed by atoms with Crippen LogP contribution < -0.4 is 4.90 Å². The summed E-state index contributed by atoms with van der Waals surface area (Å²) in [5.74, 6) is 1.55. The summed E-state index contributed by atoms with van der Waals surface area (Å²) in [5, 5.41) is 11.0. The lowest BCUT2D eigenvalue weighted by Gasteiger charge is -2.36. The van der Waals surface area contributed by atoms with Crippen molar-refractivity contribution in [2.75, 3.05) is 24.6 Å². The number of aromatic nitrogens is 3. The van der Waals surface area contributed by atoms with Crippen molar-refractivity contribution in [3.8, 4) is 0 Å². The summed E-state index contributed by atoms with van der Waals surface area (Å²) >= 11 is 0. The molecule has 2 aromatic rings. The van der Waals surface area contributed by atoms with Crippen molar-refractivity contribution in [1.29, 1.82) is 0 Å². The minimum absolute atomic E-state index is 0.0672. The molecule has 1 aliphatic heterocycles. The largest absolute Gasteiger partial charge is 0.396 e. The first-order valence-electron chi connectivity index (χ1n) is 7.74. The van der Waals surface area contributed by atoms with Gasteiger partial charge in [-0.1, -0.05) is 12.8 Å². The smallest absolute Gasteiger partial charge is 0.164 e. The predicted octanol–water partition coefficient (Wildman–Crippen LogP) is 2.01. The average Bonchev–Trinajstić information content (AvgIpc) is 2.94. The fraction of sp³-hybridized carbons (Fsp3) is 0.562. The van der Waals surface area contributed by atoms with E-state index >= 15 is 0 Å². The van der Waals surface area contributed by atoms with Crippen molar-refractivity contribution in [3.63, 3.8) is 0 Å². The Labute approximate surface area is 124 Å². The van der Waals surface area contributed by atoms with E-state index in [2.05, 4.69) is 19.9 Å². The topological polar surface area (TPSA) is 62.1 Å². The van der Waals surface area contributed by atoms with Crippen LogP contribution in [-0.2, 0) is 0 Å². The molecule has 0 aromatic carbocycles. The fourth-order valence-corrected chi connectivity index (χ4v) is 4.14. The Balaban J connectivity index is 1.74. The third kappa shape index (κ3) is 1.99. The first kappa shape index (κ1) is 13.0. The average molecular weight is 284 g/mol. The molecule has 1 saturated carbocycles. The van der Waals surface area contributed by atoms with Gasteiger partial charge in [0, 0.05) is 24.7 Å². The summed E-state index contributed by atoms with van der Waals surface area (Å²) in [6.45, 7) is 2.17. The van der Waals surface area contributed by atoms with E-state index in [1.54, 1.807) is 12.5 Å². The molecule has 2 unspecified atom stereocenters. The van der Waals surface area contributed by atoms with Crippen LogP contribution >= 0.6 is 0 Å². The van der Waals surface area contributed by atoms with Gasteiger partial charge in [0.1, 0.15) is 12.1 Å². The highest BCUT2D eigenvalue weighted by Crippen LogP contribution is 2.47. The molecule has 0 bridgehead atoms. The number of hydrogen-bond donors (Lipinski definition) is 1. The first-order chi connectivity index (χ1) is 10.3. The van der Waals surface area contributed by atoms with E-state index in [9.17, 15) is 5.11 Å². The summed E-state index contributed by atoms with van der Waals surface area (Å²) in [7, 11) is 0. The van der Waals surface area contributed by atoms with E-state index in [0.29, 0.717) is 5.92 Å². The zero-order valence-corrected chi connectivity index (χ0v) is 12.1. The van der Waals surface area contributed by atoms with Gasteiger partial charge in [0.05, 0.1) is 12.0 Å². The van der Waals surface area contributed by atoms with Gasteiger partial charge in [0.15, 0.2) is 5.65 Å². The Hall–Kier alpha value is -1.75. The molecule has 2 atom stereocenters. The van der Waals surface area contributed by atoms with E-state index in [1.807, 2.05) is 12.1 Å². The van der Waals surface area contributed by atoms with Gasteiger partial charge in [-0.15, -0.1) is 0 Å². The minimum Gasteiger partial charge on any atom is -0.396 e.